The summed E-state index contributed by atoms with van der Waals surface area (Å²) in [6.45, 7) is 0. The van der Waals surface area contributed by atoms with Gasteiger partial charge in [0.05, 0.1) is 5.56 Å². The molecule has 2 N–H and O–H groups in total. The van der Waals surface area contributed by atoms with Gasteiger partial charge in [-0.25, -0.2) is 4.39 Å². The van der Waals surface area contributed by atoms with Gasteiger partial charge in [-0.2, -0.15) is 13.2 Å². The van der Waals surface area contributed by atoms with Gasteiger partial charge >= 0.3 is 6.18 Å². The Morgan fingerprint density at radius 3 is 2.14 bits per heavy atom. The molecular weight excluding hydrogens is 304 g/mol. The first kappa shape index (κ1) is 15.2. The first-order chi connectivity index (χ1) is 9.86. The lowest BCUT2D eigenvalue weighted by Crippen LogP contribution is -2.19. The topological polar surface area (TPSA) is 24.1 Å². The van der Waals surface area contributed by atoms with Crippen LogP contribution in [0.4, 0.5) is 28.9 Å². The molecule has 0 unspecified atom stereocenters. The summed E-state index contributed by atoms with van der Waals surface area (Å²) in [6.07, 6.45) is -4.75. The molecule has 0 aliphatic heterocycles. The molecule has 0 saturated carbocycles. The van der Waals surface area contributed by atoms with E-state index in [1.807, 2.05) is 6.07 Å². The Morgan fingerprint density at radius 1 is 0.905 bits per heavy atom. The zero-order chi connectivity index (χ0) is 15.5. The average molecular weight is 314 g/mol. The van der Waals surface area contributed by atoms with Crippen LogP contribution in [0.3, 0.4) is 0 Å². The van der Waals surface area contributed by atoms with E-state index in [4.69, 9.17) is 12.2 Å². The van der Waals surface area contributed by atoms with Crippen LogP contribution in [0, 0.1) is 5.82 Å². The predicted molar refractivity (Wildman–Crippen MR) is 77.7 cm³/mol. The number of hydrogen-bond acceptors (Lipinski definition) is 1. The largest absolute Gasteiger partial charge is 0.419 e. The van der Waals surface area contributed by atoms with Gasteiger partial charge in [-0.15, -0.1) is 0 Å². The summed E-state index contributed by atoms with van der Waals surface area (Å²) >= 11 is 4.99. The molecule has 7 heteroatoms. The van der Waals surface area contributed by atoms with Crippen LogP contribution in [-0.2, 0) is 6.18 Å². The average Bonchev–Trinajstić information content (AvgIpc) is 2.41. The molecule has 0 bridgehead atoms. The van der Waals surface area contributed by atoms with Crippen molar-refractivity contribution in [3.63, 3.8) is 0 Å². The minimum Gasteiger partial charge on any atom is -0.332 e. The van der Waals surface area contributed by atoms with Crippen LogP contribution in [0.2, 0.25) is 0 Å². The van der Waals surface area contributed by atoms with Crippen LogP contribution in [0.25, 0.3) is 0 Å². The minimum absolute atomic E-state index is 0.0529. The highest BCUT2D eigenvalue weighted by Gasteiger charge is 2.34. The Balaban J connectivity index is 2.11. The highest BCUT2D eigenvalue weighted by Crippen LogP contribution is 2.33. The molecule has 21 heavy (non-hydrogen) atoms. The second-order valence-electron chi connectivity index (χ2n) is 4.14. The van der Waals surface area contributed by atoms with E-state index < -0.39 is 17.6 Å². The fourth-order valence-corrected chi connectivity index (χ4v) is 1.87. The van der Waals surface area contributed by atoms with Crippen LogP contribution in [0.15, 0.2) is 48.5 Å². The SMILES string of the molecule is Fc1ccc(NC(=S)Nc2ccccc2)cc1C(F)(F)F. The molecule has 2 aromatic carbocycles. The molecule has 0 aliphatic rings. The molecule has 0 amide bonds. The van der Waals surface area contributed by atoms with E-state index in [-0.39, 0.29) is 10.8 Å². The zero-order valence-electron chi connectivity index (χ0n) is 10.5. The second-order valence-corrected chi connectivity index (χ2v) is 4.55. The summed E-state index contributed by atoms with van der Waals surface area (Å²) < 4.78 is 50.9. The standard InChI is InChI=1S/C14H10F4N2S/c15-12-7-6-10(8-11(12)14(16,17)18)20-13(21)19-9-4-2-1-3-5-9/h1-8H,(H2,19,20,21). The lowest BCUT2D eigenvalue weighted by molar-refractivity contribution is -0.139. The van der Waals surface area contributed by atoms with Crippen LogP contribution < -0.4 is 10.6 Å². The van der Waals surface area contributed by atoms with Crippen molar-refractivity contribution < 1.29 is 17.6 Å². The summed E-state index contributed by atoms with van der Waals surface area (Å²) in [5.41, 5.74) is -0.597. The van der Waals surface area contributed by atoms with E-state index >= 15 is 0 Å². The number of anilines is 2. The van der Waals surface area contributed by atoms with Gasteiger partial charge in [-0.3, -0.25) is 0 Å². The molecule has 0 heterocycles. The van der Waals surface area contributed by atoms with E-state index in [0.717, 1.165) is 6.07 Å². The lowest BCUT2D eigenvalue weighted by Gasteiger charge is -2.13. The van der Waals surface area contributed by atoms with Crippen molar-refractivity contribution in [3.05, 3.63) is 59.9 Å². The third-order valence-corrected chi connectivity index (χ3v) is 2.77. The normalized spacial score (nSPS) is 11.0. The predicted octanol–water partition coefficient (Wildman–Crippen LogP) is 4.65. The fraction of sp³-hybridized carbons (Fsp3) is 0.0714. The number of nitrogens with one attached hydrogen (secondary N) is 2. The number of alkyl halides is 3. The zero-order valence-corrected chi connectivity index (χ0v) is 11.4. The van der Waals surface area contributed by atoms with Crippen LogP contribution in [0.5, 0.6) is 0 Å². The van der Waals surface area contributed by atoms with Crippen molar-refractivity contribution in [1.82, 2.24) is 0 Å². The fourth-order valence-electron chi connectivity index (χ4n) is 1.64. The van der Waals surface area contributed by atoms with Crippen molar-refractivity contribution in [2.24, 2.45) is 0 Å². The Kier molecular flexibility index (Phi) is 4.42. The number of halogens is 4. The maximum absolute atomic E-state index is 13.2. The minimum atomic E-state index is -4.75. The Labute approximate surface area is 123 Å². The molecule has 0 fully saturated rings. The van der Waals surface area contributed by atoms with Crippen LogP contribution in [-0.4, -0.2) is 5.11 Å². The van der Waals surface area contributed by atoms with Gasteiger partial charge in [0, 0.05) is 11.4 Å². The summed E-state index contributed by atoms with van der Waals surface area (Å²) in [5, 5.41) is 5.50. The van der Waals surface area contributed by atoms with Crippen LogP contribution in [0.1, 0.15) is 5.56 Å². The molecule has 0 aliphatic carbocycles. The number of para-hydroxylation sites is 1. The van der Waals surface area contributed by atoms with E-state index in [0.29, 0.717) is 11.8 Å². The molecule has 2 nitrogen and oxygen atoms in total. The number of hydrogen-bond donors (Lipinski definition) is 2. The maximum Gasteiger partial charge on any atom is 0.419 e. The first-order valence-corrected chi connectivity index (χ1v) is 6.27. The van der Waals surface area contributed by atoms with E-state index in [9.17, 15) is 17.6 Å². The molecular formula is C14H10F4N2S. The summed E-state index contributed by atoms with van der Waals surface area (Å²) in [4.78, 5) is 0. The van der Waals surface area contributed by atoms with Crippen molar-refractivity contribution in [1.29, 1.82) is 0 Å². The number of rotatable bonds is 2. The Hall–Kier alpha value is -2.15. The first-order valence-electron chi connectivity index (χ1n) is 5.86. The second kappa shape index (κ2) is 6.09. The van der Waals surface area contributed by atoms with Crippen molar-refractivity contribution in [2.75, 3.05) is 10.6 Å². The molecule has 2 aromatic rings. The Bertz CT molecular complexity index is 641. The van der Waals surface area contributed by atoms with Gasteiger partial charge in [-0.1, -0.05) is 18.2 Å². The van der Waals surface area contributed by atoms with Gasteiger partial charge in [0.2, 0.25) is 0 Å². The Morgan fingerprint density at radius 2 is 1.52 bits per heavy atom. The van der Waals surface area contributed by atoms with E-state index in [1.54, 1.807) is 24.3 Å². The quantitative estimate of drug-likeness (QED) is 0.623. The molecule has 2 rings (SSSR count). The van der Waals surface area contributed by atoms with Gasteiger partial charge in [0.25, 0.3) is 0 Å². The number of thiocarbonyl (C=S) groups is 1. The molecule has 0 spiro atoms. The molecule has 0 atom stereocenters. The van der Waals surface area contributed by atoms with Gasteiger partial charge in [0.15, 0.2) is 5.11 Å². The van der Waals surface area contributed by atoms with Crippen molar-refractivity contribution >= 4 is 28.7 Å². The maximum atomic E-state index is 13.2. The van der Waals surface area contributed by atoms with Gasteiger partial charge < -0.3 is 10.6 Å². The van der Waals surface area contributed by atoms with Gasteiger partial charge in [-0.05, 0) is 42.5 Å². The molecule has 0 saturated heterocycles. The van der Waals surface area contributed by atoms with Gasteiger partial charge in [0.1, 0.15) is 5.82 Å². The smallest absolute Gasteiger partial charge is 0.332 e. The molecule has 110 valence electrons. The van der Waals surface area contributed by atoms with Crippen LogP contribution >= 0.6 is 12.2 Å². The van der Waals surface area contributed by atoms with E-state index in [2.05, 4.69) is 10.6 Å². The summed E-state index contributed by atoms with van der Waals surface area (Å²) in [6, 6.07) is 11.5. The third-order valence-electron chi connectivity index (χ3n) is 2.56. The highest BCUT2D eigenvalue weighted by atomic mass is 32.1. The summed E-state index contributed by atoms with van der Waals surface area (Å²) in [5.74, 6) is -1.32. The summed E-state index contributed by atoms with van der Waals surface area (Å²) in [7, 11) is 0. The third kappa shape index (κ3) is 4.16. The number of benzene rings is 2. The van der Waals surface area contributed by atoms with E-state index in [1.165, 1.54) is 6.07 Å². The molecule has 0 radical (unpaired) electrons. The van der Waals surface area contributed by atoms with Crippen molar-refractivity contribution in [2.45, 2.75) is 6.18 Å². The monoisotopic (exact) mass is 314 g/mol. The molecule has 0 aromatic heterocycles. The highest BCUT2D eigenvalue weighted by molar-refractivity contribution is 7.80. The lowest BCUT2D eigenvalue weighted by atomic mass is 10.2. The van der Waals surface area contributed by atoms with Crippen molar-refractivity contribution in [3.8, 4) is 0 Å².